The largest absolute Gasteiger partial charge is 0.417 e. The molecule has 0 aromatic heterocycles. The van der Waals surface area contributed by atoms with Crippen molar-refractivity contribution in [2.24, 2.45) is 11.8 Å². The van der Waals surface area contributed by atoms with E-state index in [0.717, 1.165) is 6.07 Å². The zero-order valence-electron chi connectivity index (χ0n) is 11.2. The summed E-state index contributed by atoms with van der Waals surface area (Å²) < 4.78 is 37.8. The summed E-state index contributed by atoms with van der Waals surface area (Å²) in [5.41, 5.74) is -0.704. The quantitative estimate of drug-likeness (QED) is 0.886. The summed E-state index contributed by atoms with van der Waals surface area (Å²) in [6.07, 6.45) is -4.49. The Labute approximate surface area is 111 Å². The molecule has 19 heavy (non-hydrogen) atoms. The van der Waals surface area contributed by atoms with Crippen LogP contribution in [-0.4, -0.2) is 6.54 Å². The Morgan fingerprint density at radius 2 is 1.89 bits per heavy atom. The van der Waals surface area contributed by atoms with E-state index in [-0.39, 0.29) is 5.56 Å². The second-order valence-corrected chi connectivity index (χ2v) is 4.97. The highest BCUT2D eigenvalue weighted by Gasteiger charge is 2.33. The number of halogens is 3. The summed E-state index contributed by atoms with van der Waals surface area (Å²) in [5, 5.41) is 11.9. The molecule has 0 heterocycles. The van der Waals surface area contributed by atoms with Crippen molar-refractivity contribution in [3.63, 3.8) is 0 Å². The van der Waals surface area contributed by atoms with Gasteiger partial charge >= 0.3 is 6.18 Å². The Hall–Kier alpha value is -1.70. The number of nitriles is 1. The van der Waals surface area contributed by atoms with Crippen molar-refractivity contribution in [1.82, 2.24) is 0 Å². The predicted molar refractivity (Wildman–Crippen MR) is 68.7 cm³/mol. The van der Waals surface area contributed by atoms with Crippen molar-refractivity contribution in [2.45, 2.75) is 26.9 Å². The van der Waals surface area contributed by atoms with Gasteiger partial charge in [-0.1, -0.05) is 20.8 Å². The maximum atomic E-state index is 12.6. The molecular formula is C14H17F3N2. The normalized spacial score (nSPS) is 13.2. The van der Waals surface area contributed by atoms with Gasteiger partial charge in [0.2, 0.25) is 0 Å². The van der Waals surface area contributed by atoms with E-state index in [1.807, 2.05) is 0 Å². The molecule has 0 aliphatic heterocycles. The topological polar surface area (TPSA) is 35.8 Å². The van der Waals surface area contributed by atoms with E-state index in [1.54, 1.807) is 6.07 Å². The third kappa shape index (κ3) is 4.16. The van der Waals surface area contributed by atoms with E-state index < -0.39 is 11.7 Å². The molecule has 0 bridgehead atoms. The standard InChI is InChI=1S/C14H17F3N2/c1-9(2)10(3)8-19-12-4-5-13(14(15,16)17)11(6-12)7-18/h4-6,9-10,19H,8H2,1-3H3. The highest BCUT2D eigenvalue weighted by molar-refractivity contribution is 5.53. The lowest BCUT2D eigenvalue weighted by atomic mass is 9.98. The van der Waals surface area contributed by atoms with Crippen LogP contribution in [0.4, 0.5) is 18.9 Å². The van der Waals surface area contributed by atoms with Gasteiger partial charge in [-0.05, 0) is 30.0 Å². The fourth-order valence-corrected chi connectivity index (χ4v) is 1.51. The van der Waals surface area contributed by atoms with Crippen molar-refractivity contribution in [2.75, 3.05) is 11.9 Å². The SMILES string of the molecule is CC(C)C(C)CNc1ccc(C(F)(F)F)c(C#N)c1. The van der Waals surface area contributed by atoms with Crippen LogP contribution in [0.15, 0.2) is 18.2 Å². The van der Waals surface area contributed by atoms with E-state index in [9.17, 15) is 13.2 Å². The molecule has 1 aromatic rings. The molecule has 0 aliphatic rings. The Morgan fingerprint density at radius 3 is 2.37 bits per heavy atom. The average Bonchev–Trinajstić information content (AvgIpc) is 2.34. The van der Waals surface area contributed by atoms with Crippen molar-refractivity contribution in [1.29, 1.82) is 5.26 Å². The number of anilines is 1. The minimum atomic E-state index is -4.49. The first-order valence-corrected chi connectivity index (χ1v) is 6.11. The number of hydrogen-bond donors (Lipinski definition) is 1. The fourth-order valence-electron chi connectivity index (χ4n) is 1.51. The molecular weight excluding hydrogens is 253 g/mol. The molecule has 1 aromatic carbocycles. The number of alkyl halides is 3. The molecule has 1 atom stereocenters. The van der Waals surface area contributed by atoms with Gasteiger partial charge < -0.3 is 5.32 Å². The summed E-state index contributed by atoms with van der Waals surface area (Å²) in [5.74, 6) is 0.880. The predicted octanol–water partition coefficient (Wildman–Crippen LogP) is 4.28. The van der Waals surface area contributed by atoms with Gasteiger partial charge in [0.05, 0.1) is 17.2 Å². The average molecular weight is 270 g/mol. The monoisotopic (exact) mass is 270 g/mol. The van der Waals surface area contributed by atoms with E-state index in [2.05, 4.69) is 26.1 Å². The van der Waals surface area contributed by atoms with Crippen molar-refractivity contribution in [3.05, 3.63) is 29.3 Å². The van der Waals surface area contributed by atoms with Crippen LogP contribution >= 0.6 is 0 Å². The second-order valence-electron chi connectivity index (χ2n) is 4.97. The third-order valence-electron chi connectivity index (χ3n) is 3.21. The molecule has 0 fully saturated rings. The lowest BCUT2D eigenvalue weighted by Gasteiger charge is -2.17. The molecule has 0 saturated carbocycles. The molecule has 0 aliphatic carbocycles. The highest BCUT2D eigenvalue weighted by atomic mass is 19.4. The van der Waals surface area contributed by atoms with Crippen LogP contribution in [0, 0.1) is 23.2 Å². The molecule has 1 rings (SSSR count). The summed E-state index contributed by atoms with van der Waals surface area (Å²) in [4.78, 5) is 0. The number of nitrogens with one attached hydrogen (secondary N) is 1. The zero-order valence-corrected chi connectivity index (χ0v) is 11.2. The second kappa shape index (κ2) is 5.96. The summed E-state index contributed by atoms with van der Waals surface area (Å²) in [6.45, 7) is 6.89. The molecule has 0 spiro atoms. The molecule has 1 unspecified atom stereocenters. The maximum absolute atomic E-state index is 12.6. The van der Waals surface area contributed by atoms with Crippen LogP contribution in [0.3, 0.4) is 0 Å². The van der Waals surface area contributed by atoms with Crippen LogP contribution in [0.1, 0.15) is 31.9 Å². The van der Waals surface area contributed by atoms with Crippen molar-refractivity contribution in [3.8, 4) is 6.07 Å². The fraction of sp³-hybridized carbons (Fsp3) is 0.500. The van der Waals surface area contributed by atoms with Gasteiger partial charge in [0.15, 0.2) is 0 Å². The van der Waals surface area contributed by atoms with E-state index >= 15 is 0 Å². The Morgan fingerprint density at radius 1 is 1.26 bits per heavy atom. The smallest absolute Gasteiger partial charge is 0.385 e. The molecule has 104 valence electrons. The van der Waals surface area contributed by atoms with Gasteiger partial charge in [0.1, 0.15) is 0 Å². The lowest BCUT2D eigenvalue weighted by molar-refractivity contribution is -0.137. The highest BCUT2D eigenvalue weighted by Crippen LogP contribution is 2.33. The Bertz CT molecular complexity index is 473. The van der Waals surface area contributed by atoms with E-state index in [0.29, 0.717) is 24.1 Å². The first kappa shape index (κ1) is 15.4. The number of benzene rings is 1. The van der Waals surface area contributed by atoms with E-state index in [1.165, 1.54) is 12.1 Å². The van der Waals surface area contributed by atoms with Crippen LogP contribution in [0.5, 0.6) is 0 Å². The summed E-state index contributed by atoms with van der Waals surface area (Å²) in [6, 6.07) is 5.14. The van der Waals surface area contributed by atoms with Crippen LogP contribution in [0.25, 0.3) is 0 Å². The summed E-state index contributed by atoms with van der Waals surface area (Å²) >= 11 is 0. The Balaban J connectivity index is 2.87. The van der Waals surface area contributed by atoms with Gasteiger partial charge in [-0.15, -0.1) is 0 Å². The molecule has 1 N–H and O–H groups in total. The molecule has 0 radical (unpaired) electrons. The van der Waals surface area contributed by atoms with Crippen LogP contribution < -0.4 is 5.32 Å². The first-order chi connectivity index (χ1) is 8.75. The van der Waals surface area contributed by atoms with Gasteiger partial charge in [0.25, 0.3) is 0 Å². The maximum Gasteiger partial charge on any atom is 0.417 e. The third-order valence-corrected chi connectivity index (χ3v) is 3.21. The van der Waals surface area contributed by atoms with Crippen LogP contribution in [0.2, 0.25) is 0 Å². The molecule has 0 saturated heterocycles. The number of rotatable bonds is 4. The first-order valence-electron chi connectivity index (χ1n) is 6.11. The van der Waals surface area contributed by atoms with Crippen LogP contribution in [-0.2, 0) is 6.18 Å². The van der Waals surface area contributed by atoms with Gasteiger partial charge in [0, 0.05) is 12.2 Å². The van der Waals surface area contributed by atoms with Gasteiger partial charge in [-0.2, -0.15) is 18.4 Å². The van der Waals surface area contributed by atoms with Gasteiger partial charge in [-0.25, -0.2) is 0 Å². The van der Waals surface area contributed by atoms with E-state index in [4.69, 9.17) is 5.26 Å². The lowest BCUT2D eigenvalue weighted by Crippen LogP contribution is -2.16. The molecule has 0 amide bonds. The van der Waals surface area contributed by atoms with Crippen molar-refractivity contribution >= 4 is 5.69 Å². The minimum Gasteiger partial charge on any atom is -0.385 e. The zero-order chi connectivity index (χ0) is 14.6. The van der Waals surface area contributed by atoms with Gasteiger partial charge in [-0.3, -0.25) is 0 Å². The minimum absolute atomic E-state index is 0.352. The number of hydrogen-bond acceptors (Lipinski definition) is 2. The molecule has 5 heteroatoms. The van der Waals surface area contributed by atoms with Crippen molar-refractivity contribution < 1.29 is 13.2 Å². The summed E-state index contributed by atoms with van der Waals surface area (Å²) in [7, 11) is 0. The number of nitrogens with zero attached hydrogens (tertiary/aromatic N) is 1. The Kier molecular flexibility index (Phi) is 4.82. The molecule has 2 nitrogen and oxygen atoms in total.